The second-order valence-corrected chi connectivity index (χ2v) is 1.51. The fourth-order valence-electron chi connectivity index (χ4n) is 0.417. The number of hydrogen-bond donors (Lipinski definition) is 1. The standard InChI is InChI=1S/C4H7N3O/c1-4(8)7-3-2-5-6-7/h2-4,8H,1H3. The third-order valence-electron chi connectivity index (χ3n) is 0.824. The molecule has 1 aromatic heterocycles. The van der Waals surface area contributed by atoms with Gasteiger partial charge in [-0.3, -0.25) is 0 Å². The van der Waals surface area contributed by atoms with Gasteiger partial charge >= 0.3 is 0 Å². The third kappa shape index (κ3) is 0.840. The van der Waals surface area contributed by atoms with Crippen LogP contribution in [0.3, 0.4) is 0 Å². The topological polar surface area (TPSA) is 50.9 Å². The normalized spacial score (nSPS) is 13.8. The maximum atomic E-state index is 8.77. The van der Waals surface area contributed by atoms with Crippen molar-refractivity contribution in [3.8, 4) is 0 Å². The highest BCUT2D eigenvalue weighted by molar-refractivity contribution is 4.64. The van der Waals surface area contributed by atoms with Crippen LogP contribution < -0.4 is 0 Å². The summed E-state index contributed by atoms with van der Waals surface area (Å²) < 4.78 is 1.36. The summed E-state index contributed by atoms with van der Waals surface area (Å²) >= 11 is 0. The zero-order chi connectivity index (χ0) is 5.98. The molecule has 44 valence electrons. The first kappa shape index (κ1) is 5.24. The summed E-state index contributed by atoms with van der Waals surface area (Å²) in [7, 11) is 0. The molecule has 0 aliphatic heterocycles. The van der Waals surface area contributed by atoms with Gasteiger partial charge in [-0.25, -0.2) is 4.68 Å². The van der Waals surface area contributed by atoms with Crippen molar-refractivity contribution >= 4 is 0 Å². The van der Waals surface area contributed by atoms with Crippen LogP contribution in [0.5, 0.6) is 0 Å². The summed E-state index contributed by atoms with van der Waals surface area (Å²) in [6.07, 6.45) is 2.55. The molecule has 1 N–H and O–H groups in total. The molecule has 1 atom stereocenters. The van der Waals surface area contributed by atoms with Crippen LogP contribution in [0.1, 0.15) is 13.2 Å². The second-order valence-electron chi connectivity index (χ2n) is 1.51. The Bertz CT molecular complexity index is 146. The van der Waals surface area contributed by atoms with E-state index in [2.05, 4.69) is 10.3 Å². The van der Waals surface area contributed by atoms with Crippen LogP contribution in [0, 0.1) is 0 Å². The van der Waals surface area contributed by atoms with Crippen LogP contribution >= 0.6 is 0 Å². The van der Waals surface area contributed by atoms with Crippen molar-refractivity contribution in [1.82, 2.24) is 15.0 Å². The van der Waals surface area contributed by atoms with Crippen LogP contribution in [0.25, 0.3) is 0 Å². The van der Waals surface area contributed by atoms with Gasteiger partial charge in [0.25, 0.3) is 0 Å². The van der Waals surface area contributed by atoms with Gasteiger partial charge < -0.3 is 5.11 Å². The Kier molecular flexibility index (Phi) is 1.26. The molecule has 0 amide bonds. The smallest absolute Gasteiger partial charge is 0.145 e. The number of nitrogens with zero attached hydrogens (tertiary/aromatic N) is 3. The molecule has 8 heavy (non-hydrogen) atoms. The Morgan fingerprint density at radius 3 is 2.75 bits per heavy atom. The van der Waals surface area contributed by atoms with E-state index in [-0.39, 0.29) is 0 Å². The van der Waals surface area contributed by atoms with E-state index in [1.54, 1.807) is 13.1 Å². The van der Waals surface area contributed by atoms with E-state index in [0.717, 1.165) is 0 Å². The molecular formula is C4H7N3O. The molecule has 4 heteroatoms. The maximum Gasteiger partial charge on any atom is 0.145 e. The average molecular weight is 113 g/mol. The van der Waals surface area contributed by atoms with Crippen molar-refractivity contribution in [2.75, 3.05) is 0 Å². The van der Waals surface area contributed by atoms with E-state index < -0.39 is 6.23 Å². The van der Waals surface area contributed by atoms with E-state index in [9.17, 15) is 0 Å². The van der Waals surface area contributed by atoms with E-state index in [0.29, 0.717) is 0 Å². The molecule has 1 unspecified atom stereocenters. The Morgan fingerprint density at radius 2 is 2.50 bits per heavy atom. The summed E-state index contributed by atoms with van der Waals surface area (Å²) in [5.74, 6) is 0. The molecule has 0 aromatic carbocycles. The predicted octanol–water partition coefficient (Wildman–Crippen LogP) is -0.211. The van der Waals surface area contributed by atoms with Crippen molar-refractivity contribution < 1.29 is 5.11 Å². The fourth-order valence-corrected chi connectivity index (χ4v) is 0.417. The largest absolute Gasteiger partial charge is 0.372 e. The van der Waals surface area contributed by atoms with Crippen LogP contribution in [-0.4, -0.2) is 20.1 Å². The van der Waals surface area contributed by atoms with Gasteiger partial charge in [0, 0.05) is 6.20 Å². The van der Waals surface area contributed by atoms with E-state index in [4.69, 9.17) is 5.11 Å². The molecule has 0 radical (unpaired) electrons. The lowest BCUT2D eigenvalue weighted by Gasteiger charge is -1.99. The molecule has 1 aromatic rings. The lowest BCUT2D eigenvalue weighted by Crippen LogP contribution is -2.03. The minimum atomic E-state index is -0.572. The third-order valence-corrected chi connectivity index (χ3v) is 0.824. The van der Waals surface area contributed by atoms with Crippen molar-refractivity contribution in [2.24, 2.45) is 0 Å². The minimum Gasteiger partial charge on any atom is -0.372 e. The lowest BCUT2D eigenvalue weighted by molar-refractivity contribution is 0.108. The van der Waals surface area contributed by atoms with Crippen LogP contribution in [0.2, 0.25) is 0 Å². The Labute approximate surface area is 46.8 Å². The van der Waals surface area contributed by atoms with E-state index in [1.807, 2.05) is 0 Å². The van der Waals surface area contributed by atoms with E-state index in [1.165, 1.54) is 10.9 Å². The van der Waals surface area contributed by atoms with Gasteiger partial charge in [0.05, 0.1) is 6.20 Å². The molecule has 0 aliphatic carbocycles. The summed E-state index contributed by atoms with van der Waals surface area (Å²) in [6.45, 7) is 1.62. The molecular weight excluding hydrogens is 106 g/mol. The highest BCUT2D eigenvalue weighted by Gasteiger charge is 1.94. The number of aliphatic hydroxyl groups is 1. The molecule has 0 spiro atoms. The monoisotopic (exact) mass is 113 g/mol. The van der Waals surface area contributed by atoms with E-state index >= 15 is 0 Å². The van der Waals surface area contributed by atoms with Crippen molar-refractivity contribution in [3.63, 3.8) is 0 Å². The first-order valence-corrected chi connectivity index (χ1v) is 2.34. The minimum absolute atomic E-state index is 0.572. The lowest BCUT2D eigenvalue weighted by atomic mass is 10.7. The fraction of sp³-hybridized carbons (Fsp3) is 0.500. The van der Waals surface area contributed by atoms with Crippen molar-refractivity contribution in [2.45, 2.75) is 13.2 Å². The zero-order valence-corrected chi connectivity index (χ0v) is 4.52. The number of rotatable bonds is 1. The molecule has 0 aliphatic rings. The van der Waals surface area contributed by atoms with Gasteiger partial charge in [-0.1, -0.05) is 5.21 Å². The van der Waals surface area contributed by atoms with Crippen LogP contribution in [0.4, 0.5) is 0 Å². The quantitative estimate of drug-likeness (QED) is 0.548. The number of hydrogen-bond acceptors (Lipinski definition) is 3. The SMILES string of the molecule is CC(O)n1ccnn1. The maximum absolute atomic E-state index is 8.77. The number of aliphatic hydroxyl groups excluding tert-OH is 1. The molecule has 1 heterocycles. The summed E-state index contributed by atoms with van der Waals surface area (Å²) in [5.41, 5.74) is 0. The Morgan fingerprint density at radius 1 is 1.75 bits per heavy atom. The summed E-state index contributed by atoms with van der Waals surface area (Å²) in [4.78, 5) is 0. The van der Waals surface area contributed by atoms with Gasteiger partial charge in [-0.15, -0.1) is 5.10 Å². The van der Waals surface area contributed by atoms with Gasteiger partial charge in [0.1, 0.15) is 6.23 Å². The first-order valence-electron chi connectivity index (χ1n) is 2.34. The van der Waals surface area contributed by atoms with Crippen molar-refractivity contribution in [3.05, 3.63) is 12.4 Å². The molecule has 1 rings (SSSR count). The van der Waals surface area contributed by atoms with Crippen LogP contribution in [-0.2, 0) is 0 Å². The summed E-state index contributed by atoms with van der Waals surface area (Å²) in [5, 5.41) is 15.8. The molecule has 0 saturated carbocycles. The Hall–Kier alpha value is -0.900. The highest BCUT2D eigenvalue weighted by atomic mass is 16.3. The first-order chi connectivity index (χ1) is 3.80. The predicted molar refractivity (Wildman–Crippen MR) is 27.0 cm³/mol. The second kappa shape index (κ2) is 1.92. The highest BCUT2D eigenvalue weighted by Crippen LogP contribution is 1.92. The zero-order valence-electron chi connectivity index (χ0n) is 4.52. The van der Waals surface area contributed by atoms with Gasteiger partial charge in [0.2, 0.25) is 0 Å². The molecule has 0 bridgehead atoms. The van der Waals surface area contributed by atoms with Crippen LogP contribution in [0.15, 0.2) is 12.4 Å². The van der Waals surface area contributed by atoms with Crippen molar-refractivity contribution in [1.29, 1.82) is 0 Å². The van der Waals surface area contributed by atoms with Gasteiger partial charge in [-0.05, 0) is 6.92 Å². The van der Waals surface area contributed by atoms with Gasteiger partial charge in [0.15, 0.2) is 0 Å². The molecule has 0 fully saturated rings. The number of aromatic nitrogens is 3. The molecule has 0 saturated heterocycles. The average Bonchev–Trinajstić information content (AvgIpc) is 2.12. The molecule has 4 nitrogen and oxygen atoms in total. The Balaban J connectivity index is 2.77. The summed E-state index contributed by atoms with van der Waals surface area (Å²) in [6, 6.07) is 0. The van der Waals surface area contributed by atoms with Gasteiger partial charge in [-0.2, -0.15) is 0 Å².